The quantitative estimate of drug-likeness (QED) is 0.615. The van der Waals surface area contributed by atoms with Crippen molar-refractivity contribution in [3.05, 3.63) is 52.0 Å². The minimum absolute atomic E-state index is 0.0460. The topological polar surface area (TPSA) is 60.9 Å². The van der Waals surface area contributed by atoms with Crippen LogP contribution in [-0.2, 0) is 21.2 Å². The fourth-order valence-corrected chi connectivity index (χ4v) is 7.34. The molecule has 0 spiro atoms. The molecule has 0 bridgehead atoms. The average Bonchev–Trinajstić information content (AvgIpc) is 3.52. The first-order chi connectivity index (χ1) is 15.3. The maximum absolute atomic E-state index is 13.8. The number of aryl methyl sites for hydroxylation is 1. The molecule has 3 aliphatic rings. The van der Waals surface area contributed by atoms with E-state index in [1.807, 2.05) is 12.1 Å². The van der Waals surface area contributed by atoms with Gasteiger partial charge in [0.25, 0.3) is 0 Å². The van der Waals surface area contributed by atoms with E-state index >= 15 is 0 Å². The van der Waals surface area contributed by atoms with Crippen LogP contribution in [0.1, 0.15) is 30.9 Å². The Hall–Kier alpha value is -1.90. The summed E-state index contributed by atoms with van der Waals surface area (Å²) in [6, 6.07) is 12.0. The Morgan fingerprint density at radius 3 is 2.56 bits per heavy atom. The third kappa shape index (κ3) is 3.86. The number of sulfonamides is 1. The molecule has 0 N–H and O–H groups in total. The number of rotatable bonds is 4. The number of halogens is 1. The van der Waals surface area contributed by atoms with Gasteiger partial charge in [0.2, 0.25) is 15.9 Å². The summed E-state index contributed by atoms with van der Waals surface area (Å²) in [7, 11) is -3.75. The third-order valence-corrected chi connectivity index (χ3v) is 9.06. The van der Waals surface area contributed by atoms with Crippen molar-refractivity contribution in [1.82, 2.24) is 4.31 Å². The molecule has 0 unspecified atom stereocenters. The van der Waals surface area contributed by atoms with Crippen molar-refractivity contribution >= 4 is 43.2 Å². The van der Waals surface area contributed by atoms with Crippen LogP contribution in [0.5, 0.6) is 0 Å². The molecule has 2 aliphatic heterocycles. The number of anilines is 2. The van der Waals surface area contributed by atoms with Gasteiger partial charge in [-0.15, -0.1) is 0 Å². The van der Waals surface area contributed by atoms with Crippen molar-refractivity contribution < 1.29 is 13.2 Å². The Bertz CT molecular complexity index is 1180. The van der Waals surface area contributed by atoms with Gasteiger partial charge in [0.1, 0.15) is 4.90 Å². The Morgan fingerprint density at radius 2 is 1.88 bits per heavy atom. The van der Waals surface area contributed by atoms with Crippen LogP contribution in [-0.4, -0.2) is 50.9 Å². The van der Waals surface area contributed by atoms with Crippen LogP contribution in [0.2, 0.25) is 0 Å². The van der Waals surface area contributed by atoms with Crippen molar-refractivity contribution in [3.63, 3.8) is 0 Å². The number of fused-ring (bicyclic) bond motifs is 1. The predicted octanol–water partition coefficient (Wildman–Crippen LogP) is 3.96. The molecule has 2 aromatic rings. The van der Waals surface area contributed by atoms with E-state index in [1.54, 1.807) is 15.3 Å². The summed E-state index contributed by atoms with van der Waals surface area (Å²) in [5, 5.41) is 0. The third-order valence-electron chi connectivity index (χ3n) is 6.73. The zero-order chi connectivity index (χ0) is 22.6. The summed E-state index contributed by atoms with van der Waals surface area (Å²) >= 11 is 3.49. The van der Waals surface area contributed by atoms with Crippen LogP contribution in [0.25, 0.3) is 0 Å². The summed E-state index contributed by atoms with van der Waals surface area (Å²) in [6.07, 6.45) is 2.50. The molecule has 1 aliphatic carbocycles. The number of nitrogens with zero attached hydrogens (tertiary/aromatic N) is 3. The van der Waals surface area contributed by atoms with Crippen molar-refractivity contribution in [2.45, 2.75) is 44.0 Å². The monoisotopic (exact) mass is 517 g/mol. The number of hydrogen-bond acceptors (Lipinski definition) is 4. The van der Waals surface area contributed by atoms with E-state index in [0.717, 1.165) is 28.6 Å². The molecule has 2 fully saturated rings. The molecule has 32 heavy (non-hydrogen) atoms. The van der Waals surface area contributed by atoms with Gasteiger partial charge in [0.15, 0.2) is 0 Å². The second-order valence-electron chi connectivity index (χ2n) is 9.17. The number of amides is 1. The molecule has 0 aromatic heterocycles. The Kier molecular flexibility index (Phi) is 5.58. The lowest BCUT2D eigenvalue weighted by Gasteiger charge is -2.41. The van der Waals surface area contributed by atoms with Crippen LogP contribution in [0.4, 0.5) is 11.4 Å². The van der Waals surface area contributed by atoms with E-state index in [4.69, 9.17) is 0 Å². The molecule has 1 saturated carbocycles. The van der Waals surface area contributed by atoms with Gasteiger partial charge in [-0.25, -0.2) is 8.42 Å². The van der Waals surface area contributed by atoms with Gasteiger partial charge in [-0.1, -0.05) is 28.1 Å². The van der Waals surface area contributed by atoms with Crippen molar-refractivity contribution in [3.8, 4) is 0 Å². The summed E-state index contributed by atoms with van der Waals surface area (Å²) in [4.78, 5) is 17.1. The fraction of sp³-hybridized carbons (Fsp3) is 0.458. The summed E-state index contributed by atoms with van der Waals surface area (Å²) in [6.45, 7) is 6.15. The summed E-state index contributed by atoms with van der Waals surface area (Å²) < 4.78 is 30.0. The minimum atomic E-state index is -3.75. The lowest BCUT2D eigenvalue weighted by Crippen LogP contribution is -2.53. The van der Waals surface area contributed by atoms with Crippen LogP contribution in [0, 0.1) is 12.8 Å². The van der Waals surface area contributed by atoms with Gasteiger partial charge < -0.3 is 9.80 Å². The fourth-order valence-electron chi connectivity index (χ4n) is 4.91. The number of carbonyl (C=O) groups is 1. The molecule has 6 nitrogen and oxygen atoms in total. The first kappa shape index (κ1) is 21.9. The van der Waals surface area contributed by atoms with Crippen LogP contribution in [0.15, 0.2) is 45.8 Å². The molecule has 2 aromatic carbocycles. The first-order valence-corrected chi connectivity index (χ1v) is 13.5. The van der Waals surface area contributed by atoms with Crippen LogP contribution >= 0.6 is 15.9 Å². The second-order valence-corrected chi connectivity index (χ2v) is 12.0. The molecule has 8 heteroatoms. The summed E-state index contributed by atoms with van der Waals surface area (Å²) in [5.74, 6) is 0.123. The van der Waals surface area contributed by atoms with E-state index in [0.29, 0.717) is 38.3 Å². The maximum atomic E-state index is 13.8. The molecule has 0 radical (unpaired) electrons. The van der Waals surface area contributed by atoms with E-state index in [9.17, 15) is 13.2 Å². The number of benzene rings is 2. The van der Waals surface area contributed by atoms with E-state index in [1.165, 1.54) is 5.56 Å². The zero-order valence-electron chi connectivity index (χ0n) is 18.4. The molecule has 1 atom stereocenters. The van der Waals surface area contributed by atoms with Gasteiger partial charge in [-0.3, -0.25) is 4.79 Å². The summed E-state index contributed by atoms with van der Waals surface area (Å²) in [5.41, 5.74) is 3.84. The zero-order valence-corrected chi connectivity index (χ0v) is 20.8. The van der Waals surface area contributed by atoms with Crippen LogP contribution in [0.3, 0.4) is 0 Å². The van der Waals surface area contributed by atoms with Gasteiger partial charge in [0, 0.05) is 48.3 Å². The Morgan fingerprint density at radius 1 is 1.09 bits per heavy atom. The minimum Gasteiger partial charge on any atom is -0.366 e. The average molecular weight is 518 g/mol. The van der Waals surface area contributed by atoms with Crippen molar-refractivity contribution in [2.24, 2.45) is 5.92 Å². The molecule has 5 rings (SSSR count). The predicted molar refractivity (Wildman–Crippen MR) is 130 cm³/mol. The van der Waals surface area contributed by atoms with E-state index in [2.05, 4.69) is 52.9 Å². The van der Waals surface area contributed by atoms with Crippen LogP contribution < -0.4 is 9.80 Å². The smallest absolute Gasteiger partial charge is 0.245 e. The molecule has 2 heterocycles. The van der Waals surface area contributed by atoms with Gasteiger partial charge >= 0.3 is 0 Å². The lowest BCUT2D eigenvalue weighted by atomic mass is 10.1. The first-order valence-electron chi connectivity index (χ1n) is 11.2. The highest BCUT2D eigenvalue weighted by molar-refractivity contribution is 9.10. The molecular weight excluding hydrogens is 490 g/mol. The molecule has 1 saturated heterocycles. The lowest BCUT2D eigenvalue weighted by molar-refractivity contribution is -0.119. The standard InChI is InChI=1S/C24H28BrN3O3S/c1-16-4-3-5-21(12-16)27-11-10-26(15-17(27)2)32(30,31)22-14-20(25)13-19-8-9-28(23(19)22)24(29)18-6-7-18/h3-5,12-14,17-18H,6-11,15H2,1-2H3/t17-/m0/s1. The van der Waals surface area contributed by atoms with Gasteiger partial charge in [0.05, 0.1) is 5.69 Å². The molecule has 1 amide bonds. The van der Waals surface area contributed by atoms with E-state index in [-0.39, 0.29) is 22.8 Å². The largest absolute Gasteiger partial charge is 0.366 e. The second kappa shape index (κ2) is 8.15. The highest BCUT2D eigenvalue weighted by Crippen LogP contribution is 2.42. The Labute approximate surface area is 198 Å². The number of carbonyl (C=O) groups excluding carboxylic acids is 1. The molecular formula is C24H28BrN3O3S. The van der Waals surface area contributed by atoms with Crippen molar-refractivity contribution in [1.29, 1.82) is 0 Å². The van der Waals surface area contributed by atoms with Gasteiger partial charge in [-0.05, 0) is 68.5 Å². The van der Waals surface area contributed by atoms with Gasteiger partial charge in [-0.2, -0.15) is 4.31 Å². The number of piperazine rings is 1. The SMILES string of the molecule is Cc1cccc(N2CCN(S(=O)(=O)c3cc(Br)cc4c3N(C(=O)C3CC3)CC4)C[C@@H]2C)c1. The maximum Gasteiger partial charge on any atom is 0.245 e. The van der Waals surface area contributed by atoms with E-state index < -0.39 is 10.0 Å². The highest BCUT2D eigenvalue weighted by Gasteiger charge is 2.41. The number of hydrogen-bond donors (Lipinski definition) is 0. The normalized spacial score (nSPS) is 21.7. The Balaban J connectivity index is 1.45. The molecule has 170 valence electrons. The van der Waals surface area contributed by atoms with Crippen molar-refractivity contribution in [2.75, 3.05) is 36.0 Å². The highest BCUT2D eigenvalue weighted by atomic mass is 79.9.